The summed E-state index contributed by atoms with van der Waals surface area (Å²) in [6.45, 7) is 0. The smallest absolute Gasteiger partial charge is 0.0834 e. The van der Waals surface area contributed by atoms with E-state index in [0.717, 1.165) is 18.4 Å². The van der Waals surface area contributed by atoms with Crippen LogP contribution < -0.4 is 0 Å². The summed E-state index contributed by atoms with van der Waals surface area (Å²) in [7, 11) is 0. The Labute approximate surface area is 65.1 Å². The Bertz CT molecular complexity index is 233. The van der Waals surface area contributed by atoms with Crippen molar-refractivity contribution in [2.45, 2.75) is 18.9 Å². The second-order valence-corrected chi connectivity index (χ2v) is 2.96. The van der Waals surface area contributed by atoms with E-state index in [2.05, 4.69) is 10.2 Å². The minimum Gasteiger partial charge on any atom is -0.388 e. The highest BCUT2D eigenvalue weighted by Crippen LogP contribution is 2.40. The molecule has 0 saturated heterocycles. The molecule has 2 rings (SSSR count). The molecule has 0 amide bonds. The Morgan fingerprint density at radius 3 is 2.82 bits per heavy atom. The van der Waals surface area contributed by atoms with Gasteiger partial charge in [-0.05, 0) is 24.8 Å². The van der Waals surface area contributed by atoms with Crippen LogP contribution in [0.5, 0.6) is 0 Å². The molecule has 1 saturated carbocycles. The van der Waals surface area contributed by atoms with Crippen LogP contribution in [-0.4, -0.2) is 15.3 Å². The molecular formula is C8H10N2O. The number of aromatic nitrogens is 2. The zero-order valence-corrected chi connectivity index (χ0v) is 6.14. The largest absolute Gasteiger partial charge is 0.388 e. The van der Waals surface area contributed by atoms with E-state index in [1.807, 2.05) is 6.07 Å². The normalized spacial score (nSPS) is 19.7. The molecule has 0 bridgehead atoms. The average Bonchev–Trinajstić information content (AvgIpc) is 2.87. The highest BCUT2D eigenvalue weighted by molar-refractivity contribution is 5.11. The van der Waals surface area contributed by atoms with Crippen LogP contribution in [0.25, 0.3) is 0 Å². The van der Waals surface area contributed by atoms with Gasteiger partial charge in [-0.15, -0.1) is 0 Å². The third kappa shape index (κ3) is 1.38. The first kappa shape index (κ1) is 6.73. The SMILES string of the molecule is OC(c1ccnnc1)C1CC1. The topological polar surface area (TPSA) is 46.0 Å². The maximum atomic E-state index is 9.59. The van der Waals surface area contributed by atoms with Crippen LogP contribution >= 0.6 is 0 Å². The van der Waals surface area contributed by atoms with E-state index in [1.54, 1.807) is 12.4 Å². The van der Waals surface area contributed by atoms with Crippen LogP contribution in [0.4, 0.5) is 0 Å². The predicted octanol–water partition coefficient (Wildman–Crippen LogP) is 0.920. The number of aliphatic hydroxyl groups excluding tert-OH is 1. The van der Waals surface area contributed by atoms with E-state index >= 15 is 0 Å². The molecule has 11 heavy (non-hydrogen) atoms. The van der Waals surface area contributed by atoms with E-state index in [1.165, 1.54) is 0 Å². The fraction of sp³-hybridized carbons (Fsp3) is 0.500. The molecule has 0 radical (unpaired) electrons. The fourth-order valence-electron chi connectivity index (χ4n) is 1.16. The van der Waals surface area contributed by atoms with E-state index in [-0.39, 0.29) is 6.10 Å². The molecule has 1 aromatic rings. The molecule has 1 aliphatic rings. The Kier molecular flexibility index (Phi) is 1.58. The van der Waals surface area contributed by atoms with Crippen LogP contribution in [0.3, 0.4) is 0 Å². The zero-order chi connectivity index (χ0) is 7.68. The lowest BCUT2D eigenvalue weighted by molar-refractivity contribution is 0.153. The molecule has 1 N–H and O–H groups in total. The zero-order valence-electron chi connectivity index (χ0n) is 6.14. The first-order valence-electron chi connectivity index (χ1n) is 3.82. The molecule has 0 spiro atoms. The van der Waals surface area contributed by atoms with Crippen LogP contribution in [0.1, 0.15) is 24.5 Å². The Hall–Kier alpha value is -0.960. The monoisotopic (exact) mass is 150 g/mol. The van der Waals surface area contributed by atoms with Crippen molar-refractivity contribution >= 4 is 0 Å². The van der Waals surface area contributed by atoms with Gasteiger partial charge in [-0.25, -0.2) is 0 Å². The first-order valence-corrected chi connectivity index (χ1v) is 3.82. The highest BCUT2D eigenvalue weighted by atomic mass is 16.3. The van der Waals surface area contributed by atoms with Crippen molar-refractivity contribution in [1.29, 1.82) is 0 Å². The van der Waals surface area contributed by atoms with E-state index in [9.17, 15) is 5.11 Å². The van der Waals surface area contributed by atoms with Gasteiger partial charge in [0.25, 0.3) is 0 Å². The standard InChI is InChI=1S/C8H10N2O/c11-8(6-1-2-6)7-3-4-9-10-5-7/h3-6,8,11H,1-2H2. The Morgan fingerprint density at radius 2 is 2.27 bits per heavy atom. The molecule has 58 valence electrons. The molecular weight excluding hydrogens is 140 g/mol. The number of hydrogen-bond donors (Lipinski definition) is 1. The number of nitrogens with zero attached hydrogens (tertiary/aromatic N) is 2. The summed E-state index contributed by atoms with van der Waals surface area (Å²) < 4.78 is 0. The van der Waals surface area contributed by atoms with Gasteiger partial charge in [0.1, 0.15) is 0 Å². The summed E-state index contributed by atoms with van der Waals surface area (Å²) in [4.78, 5) is 0. The van der Waals surface area contributed by atoms with Crippen molar-refractivity contribution in [3.05, 3.63) is 24.0 Å². The van der Waals surface area contributed by atoms with Crippen molar-refractivity contribution in [2.75, 3.05) is 0 Å². The van der Waals surface area contributed by atoms with Gasteiger partial charge in [-0.2, -0.15) is 10.2 Å². The minimum atomic E-state index is -0.314. The molecule has 1 aliphatic carbocycles. The quantitative estimate of drug-likeness (QED) is 0.681. The van der Waals surface area contributed by atoms with Crippen molar-refractivity contribution in [3.63, 3.8) is 0 Å². The summed E-state index contributed by atoms with van der Waals surface area (Å²) in [6, 6.07) is 1.82. The fourth-order valence-corrected chi connectivity index (χ4v) is 1.16. The molecule has 1 aromatic heterocycles. The maximum Gasteiger partial charge on any atom is 0.0834 e. The van der Waals surface area contributed by atoms with Crippen LogP contribution in [-0.2, 0) is 0 Å². The Balaban J connectivity index is 2.15. The number of rotatable bonds is 2. The lowest BCUT2D eigenvalue weighted by Gasteiger charge is -2.06. The summed E-state index contributed by atoms with van der Waals surface area (Å²) in [5.41, 5.74) is 0.891. The van der Waals surface area contributed by atoms with Gasteiger partial charge in [0.05, 0.1) is 12.3 Å². The van der Waals surface area contributed by atoms with Crippen molar-refractivity contribution in [1.82, 2.24) is 10.2 Å². The molecule has 1 atom stereocenters. The lowest BCUT2D eigenvalue weighted by atomic mass is 10.1. The Morgan fingerprint density at radius 1 is 1.45 bits per heavy atom. The second kappa shape index (κ2) is 2.58. The van der Waals surface area contributed by atoms with Gasteiger partial charge in [0.2, 0.25) is 0 Å². The van der Waals surface area contributed by atoms with Crippen molar-refractivity contribution in [2.24, 2.45) is 5.92 Å². The van der Waals surface area contributed by atoms with Gasteiger partial charge < -0.3 is 5.11 Å². The van der Waals surface area contributed by atoms with Gasteiger partial charge >= 0.3 is 0 Å². The predicted molar refractivity (Wildman–Crippen MR) is 39.7 cm³/mol. The van der Waals surface area contributed by atoms with Gasteiger partial charge in [-0.1, -0.05) is 0 Å². The van der Waals surface area contributed by atoms with E-state index in [4.69, 9.17) is 0 Å². The van der Waals surface area contributed by atoms with Gasteiger partial charge in [0, 0.05) is 11.8 Å². The molecule has 1 fully saturated rings. The number of aliphatic hydroxyl groups is 1. The van der Waals surface area contributed by atoms with E-state index in [0.29, 0.717) is 5.92 Å². The summed E-state index contributed by atoms with van der Waals surface area (Å²) in [5, 5.41) is 16.9. The third-order valence-corrected chi connectivity index (χ3v) is 2.02. The lowest BCUT2D eigenvalue weighted by Crippen LogP contribution is -1.99. The summed E-state index contributed by atoms with van der Waals surface area (Å²) in [5.74, 6) is 0.471. The van der Waals surface area contributed by atoms with Gasteiger partial charge in [0.15, 0.2) is 0 Å². The average molecular weight is 150 g/mol. The van der Waals surface area contributed by atoms with Crippen molar-refractivity contribution in [3.8, 4) is 0 Å². The highest BCUT2D eigenvalue weighted by Gasteiger charge is 2.30. The molecule has 3 nitrogen and oxygen atoms in total. The van der Waals surface area contributed by atoms with Crippen LogP contribution in [0.2, 0.25) is 0 Å². The molecule has 0 aromatic carbocycles. The third-order valence-electron chi connectivity index (χ3n) is 2.02. The maximum absolute atomic E-state index is 9.59. The molecule has 0 aliphatic heterocycles. The number of hydrogen-bond acceptors (Lipinski definition) is 3. The summed E-state index contributed by atoms with van der Waals surface area (Å²) in [6.07, 6.45) is 5.21. The minimum absolute atomic E-state index is 0.314. The molecule has 1 unspecified atom stereocenters. The van der Waals surface area contributed by atoms with E-state index < -0.39 is 0 Å². The van der Waals surface area contributed by atoms with Crippen molar-refractivity contribution < 1.29 is 5.11 Å². The second-order valence-electron chi connectivity index (χ2n) is 2.96. The first-order chi connectivity index (χ1) is 5.38. The van der Waals surface area contributed by atoms with Crippen LogP contribution in [0, 0.1) is 5.92 Å². The molecule has 3 heteroatoms. The van der Waals surface area contributed by atoms with Gasteiger partial charge in [-0.3, -0.25) is 0 Å². The summed E-state index contributed by atoms with van der Waals surface area (Å²) >= 11 is 0. The van der Waals surface area contributed by atoms with Crippen LogP contribution in [0.15, 0.2) is 18.5 Å². The molecule has 1 heterocycles.